The second kappa shape index (κ2) is 8.93. The molecule has 0 aliphatic carbocycles. The average Bonchev–Trinajstić information content (AvgIpc) is 3.46. The summed E-state index contributed by atoms with van der Waals surface area (Å²) in [7, 11) is 1.30. The molecule has 1 aliphatic rings. The number of benzene rings is 1. The van der Waals surface area contributed by atoms with Gasteiger partial charge in [0.2, 0.25) is 0 Å². The molecule has 0 spiro atoms. The van der Waals surface area contributed by atoms with Crippen LogP contribution in [0.3, 0.4) is 0 Å². The van der Waals surface area contributed by atoms with Crippen molar-refractivity contribution in [3.8, 4) is 5.69 Å². The number of hydrogen-bond donors (Lipinski definition) is 0. The highest BCUT2D eigenvalue weighted by molar-refractivity contribution is 6.30. The third-order valence-corrected chi connectivity index (χ3v) is 5.91. The zero-order chi connectivity index (χ0) is 23.8. The van der Waals surface area contributed by atoms with Gasteiger partial charge in [-0.15, -0.1) is 0 Å². The number of carbonyl (C=O) groups excluding carboxylic acids is 2. The van der Waals surface area contributed by atoms with Crippen LogP contribution in [0.5, 0.6) is 0 Å². The molecule has 0 radical (unpaired) electrons. The van der Waals surface area contributed by atoms with Gasteiger partial charge in [-0.05, 0) is 49.2 Å². The van der Waals surface area contributed by atoms with E-state index < -0.39 is 29.3 Å². The van der Waals surface area contributed by atoms with Crippen LogP contribution in [0.4, 0.5) is 13.2 Å². The van der Waals surface area contributed by atoms with Crippen LogP contribution in [-0.2, 0) is 10.9 Å². The molecule has 0 N–H and O–H groups in total. The number of piperidine rings is 1. The lowest BCUT2D eigenvalue weighted by molar-refractivity contribution is -0.143. The minimum Gasteiger partial charge on any atom is -0.464 e. The lowest BCUT2D eigenvalue weighted by Gasteiger charge is -2.33. The number of ether oxygens (including phenoxy) is 1. The normalized spacial score (nSPS) is 15.0. The predicted octanol–water partition coefficient (Wildman–Crippen LogP) is 4.61. The van der Waals surface area contributed by atoms with Crippen LogP contribution in [0.15, 0.2) is 48.8 Å². The molecule has 11 heteroatoms. The van der Waals surface area contributed by atoms with E-state index in [-0.39, 0.29) is 24.8 Å². The minimum absolute atomic E-state index is 0.0722. The molecule has 0 unspecified atom stereocenters. The second-order valence-electron chi connectivity index (χ2n) is 7.61. The van der Waals surface area contributed by atoms with Crippen molar-refractivity contribution < 1.29 is 27.5 Å². The summed E-state index contributed by atoms with van der Waals surface area (Å²) >= 11 is 5.83. The van der Waals surface area contributed by atoms with E-state index in [1.807, 2.05) is 0 Å². The van der Waals surface area contributed by atoms with Gasteiger partial charge in [-0.1, -0.05) is 11.6 Å². The molecule has 0 atom stereocenters. The van der Waals surface area contributed by atoms with Crippen molar-refractivity contribution in [1.82, 2.24) is 19.2 Å². The van der Waals surface area contributed by atoms with Gasteiger partial charge in [-0.2, -0.15) is 18.3 Å². The molecule has 4 rings (SSSR count). The monoisotopic (exact) mass is 480 g/mol. The van der Waals surface area contributed by atoms with Gasteiger partial charge in [0.25, 0.3) is 5.91 Å². The van der Waals surface area contributed by atoms with Crippen LogP contribution < -0.4 is 0 Å². The third kappa shape index (κ3) is 4.47. The maximum Gasteiger partial charge on any atom is 0.434 e. The molecular formula is C22H20ClF3N4O3. The first-order valence-corrected chi connectivity index (χ1v) is 10.5. The zero-order valence-electron chi connectivity index (χ0n) is 17.6. The van der Waals surface area contributed by atoms with Crippen LogP contribution >= 0.6 is 11.6 Å². The molecule has 7 nitrogen and oxygen atoms in total. The number of nitrogens with zero attached hydrogens (tertiary/aromatic N) is 4. The highest BCUT2D eigenvalue weighted by Crippen LogP contribution is 2.35. The molecule has 2 aromatic heterocycles. The summed E-state index contributed by atoms with van der Waals surface area (Å²) in [6, 6.07) is 9.01. The maximum absolute atomic E-state index is 13.9. The quantitative estimate of drug-likeness (QED) is 0.511. The Morgan fingerprint density at radius 1 is 1.12 bits per heavy atom. The smallest absolute Gasteiger partial charge is 0.434 e. The molecule has 0 saturated carbocycles. The number of amides is 1. The van der Waals surface area contributed by atoms with Gasteiger partial charge >= 0.3 is 12.1 Å². The van der Waals surface area contributed by atoms with Crippen molar-refractivity contribution in [3.63, 3.8) is 0 Å². The number of aromatic nitrogens is 3. The Morgan fingerprint density at radius 2 is 1.79 bits per heavy atom. The van der Waals surface area contributed by atoms with Gasteiger partial charge in [0.15, 0.2) is 5.69 Å². The van der Waals surface area contributed by atoms with E-state index in [2.05, 4.69) is 5.10 Å². The van der Waals surface area contributed by atoms with Crippen molar-refractivity contribution in [2.45, 2.75) is 25.1 Å². The Labute approximate surface area is 192 Å². The Hall–Kier alpha value is -3.27. The number of esters is 1. The Morgan fingerprint density at radius 3 is 2.39 bits per heavy atom. The number of alkyl halides is 3. The minimum atomic E-state index is -4.79. The fraction of sp³-hybridized carbons (Fsp3) is 0.318. The van der Waals surface area contributed by atoms with E-state index in [9.17, 15) is 22.8 Å². The summed E-state index contributed by atoms with van der Waals surface area (Å²) in [5, 5.41) is 4.22. The lowest BCUT2D eigenvalue weighted by atomic mass is 10.0. The number of methoxy groups -OCH3 is 1. The van der Waals surface area contributed by atoms with E-state index in [1.165, 1.54) is 36.3 Å². The summed E-state index contributed by atoms with van der Waals surface area (Å²) in [6.07, 6.45) is -1.12. The van der Waals surface area contributed by atoms with Gasteiger partial charge in [0.1, 0.15) is 5.69 Å². The summed E-state index contributed by atoms with van der Waals surface area (Å²) in [6.45, 7) is 0.484. The molecule has 33 heavy (non-hydrogen) atoms. The van der Waals surface area contributed by atoms with Crippen molar-refractivity contribution in [2.24, 2.45) is 0 Å². The topological polar surface area (TPSA) is 69.4 Å². The molecule has 1 aromatic carbocycles. The summed E-state index contributed by atoms with van der Waals surface area (Å²) in [5.74, 6) is -1.20. The SMILES string of the molecule is COC(=O)c1cccn1C1CCN(C(=O)c2cnn(-c3ccc(Cl)cc3)c2C(F)(F)F)CC1. The standard InChI is InChI=1S/C22H20ClF3N4O3/c1-33-21(32)18-3-2-10-29(18)15-8-11-28(12-9-15)20(31)17-13-27-30(19(17)22(24,25)26)16-6-4-14(23)5-7-16/h2-7,10,13,15H,8-9,11-12H2,1H3. The van der Waals surface area contributed by atoms with Crippen LogP contribution in [-0.4, -0.2) is 51.3 Å². The Balaban J connectivity index is 1.55. The highest BCUT2D eigenvalue weighted by atomic mass is 35.5. The van der Waals surface area contributed by atoms with Crippen LogP contribution in [0.2, 0.25) is 5.02 Å². The van der Waals surface area contributed by atoms with Crippen LogP contribution in [0, 0.1) is 0 Å². The van der Waals surface area contributed by atoms with Gasteiger partial charge in [-0.3, -0.25) is 4.79 Å². The van der Waals surface area contributed by atoms with Gasteiger partial charge in [0, 0.05) is 30.4 Å². The first-order valence-electron chi connectivity index (χ1n) is 10.2. The van der Waals surface area contributed by atoms with Crippen LogP contribution in [0.25, 0.3) is 5.69 Å². The molecular weight excluding hydrogens is 461 g/mol. The van der Waals surface area contributed by atoms with Crippen LogP contribution in [0.1, 0.15) is 45.4 Å². The summed E-state index contributed by atoms with van der Waals surface area (Å²) in [4.78, 5) is 26.4. The largest absolute Gasteiger partial charge is 0.464 e. The number of carbonyl (C=O) groups is 2. The fourth-order valence-electron chi connectivity index (χ4n) is 4.06. The average molecular weight is 481 g/mol. The molecule has 1 amide bonds. The van der Waals surface area contributed by atoms with E-state index in [1.54, 1.807) is 22.9 Å². The van der Waals surface area contributed by atoms with Gasteiger partial charge in [0.05, 0.1) is 24.6 Å². The third-order valence-electron chi connectivity index (χ3n) is 5.66. The van der Waals surface area contributed by atoms with Crippen molar-refractivity contribution in [1.29, 1.82) is 0 Å². The van der Waals surface area contributed by atoms with Crippen molar-refractivity contribution in [3.05, 3.63) is 70.8 Å². The first-order chi connectivity index (χ1) is 15.7. The van der Waals surface area contributed by atoms with Crippen molar-refractivity contribution in [2.75, 3.05) is 20.2 Å². The molecule has 0 bridgehead atoms. The van der Waals surface area contributed by atoms with E-state index in [0.717, 1.165) is 6.20 Å². The fourth-order valence-corrected chi connectivity index (χ4v) is 4.19. The summed E-state index contributed by atoms with van der Waals surface area (Å²) in [5.41, 5.74) is -1.10. The van der Waals surface area contributed by atoms with E-state index >= 15 is 0 Å². The number of rotatable bonds is 4. The molecule has 174 valence electrons. The number of hydrogen-bond acceptors (Lipinski definition) is 4. The van der Waals surface area contributed by atoms with Crippen molar-refractivity contribution >= 4 is 23.5 Å². The second-order valence-corrected chi connectivity index (χ2v) is 8.04. The van der Waals surface area contributed by atoms with Gasteiger partial charge < -0.3 is 14.2 Å². The first kappa shape index (κ1) is 22.9. The predicted molar refractivity (Wildman–Crippen MR) is 114 cm³/mol. The molecule has 1 fully saturated rings. The molecule has 3 aromatic rings. The Kier molecular flexibility index (Phi) is 6.20. The summed E-state index contributed by atoms with van der Waals surface area (Å²) < 4.78 is 49.1. The molecule has 3 heterocycles. The molecule has 1 saturated heterocycles. The number of halogens is 4. The Bertz CT molecular complexity index is 1160. The van der Waals surface area contributed by atoms with E-state index in [0.29, 0.717) is 28.2 Å². The maximum atomic E-state index is 13.9. The number of likely N-dealkylation sites (tertiary alicyclic amines) is 1. The highest BCUT2D eigenvalue weighted by Gasteiger charge is 2.42. The lowest BCUT2D eigenvalue weighted by Crippen LogP contribution is -2.40. The molecule has 1 aliphatic heterocycles. The van der Waals surface area contributed by atoms with E-state index in [4.69, 9.17) is 16.3 Å². The van der Waals surface area contributed by atoms with Gasteiger partial charge in [-0.25, -0.2) is 9.48 Å². The zero-order valence-corrected chi connectivity index (χ0v) is 18.3.